The van der Waals surface area contributed by atoms with Gasteiger partial charge in [0.2, 0.25) is 0 Å². The van der Waals surface area contributed by atoms with Crippen molar-refractivity contribution in [3.8, 4) is 5.75 Å². The van der Waals surface area contributed by atoms with Gasteiger partial charge < -0.3 is 29.1 Å². The Morgan fingerprint density at radius 1 is 0.919 bits per heavy atom. The number of azo groups is 1. The molecule has 0 heterocycles. The van der Waals surface area contributed by atoms with Gasteiger partial charge >= 0.3 is 23.9 Å². The third-order valence-corrected chi connectivity index (χ3v) is 4.64. The second-order valence-electron chi connectivity index (χ2n) is 7.46. The van der Waals surface area contributed by atoms with Gasteiger partial charge in [-0.3, -0.25) is 14.4 Å². The normalized spacial score (nSPS) is 10.5. The molecule has 2 aromatic carbocycles. The summed E-state index contributed by atoms with van der Waals surface area (Å²) >= 11 is 0. The summed E-state index contributed by atoms with van der Waals surface area (Å²) in [5.41, 5.74) is 3.78. The van der Waals surface area contributed by atoms with Crippen molar-refractivity contribution in [1.29, 1.82) is 0 Å². The third kappa shape index (κ3) is 9.47. The molecule has 0 spiro atoms. The molecule has 0 unspecified atom stereocenters. The zero-order chi connectivity index (χ0) is 27.4. The highest BCUT2D eigenvalue weighted by molar-refractivity contribution is 5.88. The molecule has 2 N–H and O–H groups in total. The van der Waals surface area contributed by atoms with E-state index >= 15 is 0 Å². The minimum atomic E-state index is -1.11. The molecular weight excluding hydrogens is 488 g/mol. The van der Waals surface area contributed by atoms with Crippen molar-refractivity contribution in [2.75, 3.05) is 43.8 Å². The molecular formula is C24H28N4O9. The zero-order valence-corrected chi connectivity index (χ0v) is 20.8. The number of esters is 2. The Kier molecular flexibility index (Phi) is 10.8. The summed E-state index contributed by atoms with van der Waals surface area (Å²) in [5, 5.41) is 17.5. The summed E-state index contributed by atoms with van der Waals surface area (Å²) in [7, 11) is 1.44. The van der Waals surface area contributed by atoms with Crippen LogP contribution in [0.5, 0.6) is 5.75 Å². The topological polar surface area (TPSA) is 165 Å². The number of hydrogen-bond acceptors (Lipinski definition) is 12. The van der Waals surface area contributed by atoms with E-state index in [2.05, 4.69) is 15.7 Å². The minimum absolute atomic E-state index is 0.0406. The van der Waals surface area contributed by atoms with Crippen LogP contribution < -0.4 is 15.1 Å². The lowest BCUT2D eigenvalue weighted by atomic mass is 10.2. The molecule has 0 fully saturated rings. The molecule has 0 radical (unpaired) electrons. The van der Waals surface area contributed by atoms with Gasteiger partial charge in [-0.05, 0) is 24.3 Å². The van der Waals surface area contributed by atoms with Crippen LogP contribution in [-0.2, 0) is 28.7 Å². The maximum atomic E-state index is 11.4. The number of hydrogen-bond donors (Lipinski definition) is 2. The molecule has 0 saturated heterocycles. The van der Waals surface area contributed by atoms with Crippen LogP contribution in [0.3, 0.4) is 0 Å². The van der Waals surface area contributed by atoms with Gasteiger partial charge in [0, 0.05) is 26.8 Å². The molecule has 2 aromatic rings. The lowest BCUT2D eigenvalue weighted by Gasteiger charge is -2.27. The fourth-order valence-corrected chi connectivity index (χ4v) is 3.02. The molecule has 13 heteroatoms. The number of methoxy groups -OCH3 is 1. The lowest BCUT2D eigenvalue weighted by Crippen LogP contribution is -2.32. The first-order chi connectivity index (χ1) is 17.6. The molecule has 0 aliphatic carbocycles. The number of carboxylic acids is 1. The first-order valence-corrected chi connectivity index (χ1v) is 11.0. The second-order valence-corrected chi connectivity index (χ2v) is 7.46. The summed E-state index contributed by atoms with van der Waals surface area (Å²) in [4.78, 5) is 51.8. The predicted molar refractivity (Wildman–Crippen MR) is 131 cm³/mol. The standard InChI is InChI=1S/C24H28N4O9/c1-15(29)35-10-8-28(9-11-36-16(2)30)22-13-21(27-37-17(3)31)20(14-23(22)34-4)26-25-19-7-5-6-18(12-19)24(32)33/h5-7,12-14,27H,8-11H2,1-4H3,(H,32,33). The van der Waals surface area contributed by atoms with Crippen LogP contribution in [0, 0.1) is 0 Å². The molecule has 0 amide bonds. The summed E-state index contributed by atoms with van der Waals surface area (Å²) in [6.45, 7) is 4.34. The van der Waals surface area contributed by atoms with Gasteiger partial charge in [-0.25, -0.2) is 10.3 Å². The highest BCUT2D eigenvalue weighted by Crippen LogP contribution is 2.39. The van der Waals surface area contributed by atoms with Gasteiger partial charge in [-0.15, -0.1) is 5.11 Å². The SMILES string of the molecule is COc1cc(N=Nc2cccc(C(=O)O)c2)c(NOC(C)=O)cc1N(CCOC(C)=O)CCOC(C)=O. The number of nitrogens with one attached hydrogen (secondary N) is 1. The quantitative estimate of drug-likeness (QED) is 0.173. The van der Waals surface area contributed by atoms with Gasteiger partial charge in [-0.1, -0.05) is 6.07 Å². The van der Waals surface area contributed by atoms with E-state index in [0.29, 0.717) is 11.4 Å². The highest BCUT2D eigenvalue weighted by Gasteiger charge is 2.18. The summed E-state index contributed by atoms with van der Waals surface area (Å²) in [5.74, 6) is -2.29. The number of carbonyl (C=O) groups is 4. The third-order valence-electron chi connectivity index (χ3n) is 4.64. The molecule has 0 aliphatic heterocycles. The van der Waals surface area contributed by atoms with E-state index in [0.717, 1.165) is 0 Å². The van der Waals surface area contributed by atoms with Crippen molar-refractivity contribution in [2.45, 2.75) is 20.8 Å². The van der Waals surface area contributed by atoms with Crippen LogP contribution in [0.4, 0.5) is 22.7 Å². The summed E-state index contributed by atoms with van der Waals surface area (Å²) in [6, 6.07) is 8.98. The van der Waals surface area contributed by atoms with Gasteiger partial charge in [0.25, 0.3) is 0 Å². The van der Waals surface area contributed by atoms with Crippen LogP contribution in [-0.4, -0.2) is 62.4 Å². The Bertz CT molecular complexity index is 1150. The van der Waals surface area contributed by atoms with Gasteiger partial charge in [0.05, 0.1) is 37.1 Å². The Balaban J connectivity index is 2.48. The van der Waals surface area contributed by atoms with Crippen LogP contribution in [0.2, 0.25) is 0 Å². The fraction of sp³-hybridized carbons (Fsp3) is 0.333. The summed E-state index contributed by atoms with van der Waals surface area (Å²) in [6.07, 6.45) is 0. The highest BCUT2D eigenvalue weighted by atomic mass is 16.7. The van der Waals surface area contributed by atoms with E-state index < -0.39 is 23.9 Å². The van der Waals surface area contributed by atoms with Crippen molar-refractivity contribution in [3.05, 3.63) is 42.0 Å². The molecule has 2 rings (SSSR count). The smallest absolute Gasteiger partial charge is 0.335 e. The fourth-order valence-electron chi connectivity index (χ4n) is 3.02. The number of carbonyl (C=O) groups excluding carboxylic acids is 3. The number of aromatic carboxylic acids is 1. The molecule has 0 atom stereocenters. The van der Waals surface area contributed by atoms with E-state index in [9.17, 15) is 24.3 Å². The number of ether oxygens (including phenoxy) is 3. The molecule has 13 nitrogen and oxygen atoms in total. The molecule has 198 valence electrons. The number of anilines is 2. The predicted octanol–water partition coefficient (Wildman–Crippen LogP) is 3.63. The Labute approximate surface area is 212 Å². The van der Waals surface area contributed by atoms with Gasteiger partial charge in [0.15, 0.2) is 0 Å². The van der Waals surface area contributed by atoms with E-state index in [-0.39, 0.29) is 48.9 Å². The first kappa shape index (κ1) is 28.6. The van der Waals surface area contributed by atoms with E-state index in [1.54, 1.807) is 17.0 Å². The van der Waals surface area contributed by atoms with Crippen molar-refractivity contribution >= 4 is 46.6 Å². The molecule has 0 bridgehead atoms. The average molecular weight is 517 g/mol. The van der Waals surface area contributed by atoms with Crippen LogP contribution in [0.25, 0.3) is 0 Å². The van der Waals surface area contributed by atoms with E-state index in [1.165, 1.54) is 52.1 Å². The monoisotopic (exact) mass is 516 g/mol. The summed E-state index contributed by atoms with van der Waals surface area (Å²) < 4.78 is 15.6. The second kappa shape index (κ2) is 14.0. The van der Waals surface area contributed by atoms with Gasteiger partial charge in [0.1, 0.15) is 30.3 Å². The Hall–Kier alpha value is -4.68. The van der Waals surface area contributed by atoms with Crippen LogP contribution in [0.1, 0.15) is 31.1 Å². The molecule has 0 aliphatic rings. The molecule has 0 aromatic heterocycles. The maximum Gasteiger partial charge on any atom is 0.335 e. The number of rotatable bonds is 13. The van der Waals surface area contributed by atoms with E-state index in [1.807, 2.05) is 0 Å². The van der Waals surface area contributed by atoms with Crippen molar-refractivity contribution in [2.24, 2.45) is 10.2 Å². The lowest BCUT2D eigenvalue weighted by molar-refractivity contribution is -0.141. The maximum absolute atomic E-state index is 11.4. The number of nitrogens with zero attached hydrogens (tertiary/aromatic N) is 3. The number of benzene rings is 2. The molecule has 0 saturated carbocycles. The van der Waals surface area contributed by atoms with E-state index in [4.69, 9.17) is 19.0 Å². The largest absolute Gasteiger partial charge is 0.494 e. The average Bonchev–Trinajstić information content (AvgIpc) is 2.84. The van der Waals surface area contributed by atoms with Crippen LogP contribution >= 0.6 is 0 Å². The Morgan fingerprint density at radius 3 is 2.11 bits per heavy atom. The van der Waals surface area contributed by atoms with Crippen molar-refractivity contribution in [3.63, 3.8) is 0 Å². The molecule has 37 heavy (non-hydrogen) atoms. The van der Waals surface area contributed by atoms with Crippen LogP contribution in [0.15, 0.2) is 46.6 Å². The van der Waals surface area contributed by atoms with Gasteiger partial charge in [-0.2, -0.15) is 5.11 Å². The van der Waals surface area contributed by atoms with Crippen molar-refractivity contribution < 1.29 is 43.3 Å². The zero-order valence-electron chi connectivity index (χ0n) is 20.8. The van der Waals surface area contributed by atoms with Crippen molar-refractivity contribution in [1.82, 2.24) is 0 Å². The first-order valence-electron chi connectivity index (χ1n) is 11.0. The minimum Gasteiger partial charge on any atom is -0.494 e. The Morgan fingerprint density at radius 2 is 1.57 bits per heavy atom. The number of carboxylic acid groups (broad SMARTS) is 1.